The first-order valence-electron chi connectivity index (χ1n) is 2.48. The highest BCUT2D eigenvalue weighted by Crippen LogP contribution is 2.36. The van der Waals surface area contributed by atoms with Crippen LogP contribution in [-0.4, -0.2) is 17.0 Å². The quantitative estimate of drug-likeness (QED) is 0.548. The minimum atomic E-state index is 0.0779. The van der Waals surface area contributed by atoms with E-state index in [9.17, 15) is 4.79 Å². The molecule has 8 heavy (non-hydrogen) atoms. The first-order valence-corrected chi connectivity index (χ1v) is 3.45. The molecule has 0 N–H and O–H groups in total. The SMILES string of the molecule is O=C(CCl)C1CC1Cl. The molecule has 1 nitrogen and oxygen atoms in total. The van der Waals surface area contributed by atoms with Gasteiger partial charge in [0, 0.05) is 11.3 Å². The number of carbonyl (C=O) groups is 1. The molecule has 0 saturated heterocycles. The van der Waals surface area contributed by atoms with Gasteiger partial charge >= 0.3 is 0 Å². The zero-order chi connectivity index (χ0) is 6.15. The smallest absolute Gasteiger partial charge is 0.152 e. The zero-order valence-electron chi connectivity index (χ0n) is 4.23. The molecule has 0 bridgehead atoms. The van der Waals surface area contributed by atoms with Crippen molar-refractivity contribution < 1.29 is 4.79 Å². The molecule has 0 aromatic carbocycles. The summed E-state index contributed by atoms with van der Waals surface area (Å²) in [5.41, 5.74) is 0. The lowest BCUT2D eigenvalue weighted by Gasteiger charge is -1.85. The van der Waals surface area contributed by atoms with Gasteiger partial charge in [0.1, 0.15) is 0 Å². The third-order valence-electron chi connectivity index (χ3n) is 1.26. The molecule has 0 heterocycles. The molecule has 0 spiro atoms. The number of carbonyl (C=O) groups excluding carboxylic acids is 1. The molecule has 0 aliphatic heterocycles. The minimum Gasteiger partial charge on any atom is -0.298 e. The Balaban J connectivity index is 2.28. The summed E-state index contributed by atoms with van der Waals surface area (Å²) in [6.07, 6.45) is 0.826. The van der Waals surface area contributed by atoms with Gasteiger partial charge < -0.3 is 0 Å². The highest BCUT2D eigenvalue weighted by atomic mass is 35.5. The predicted molar refractivity (Wildman–Crippen MR) is 33.5 cm³/mol. The van der Waals surface area contributed by atoms with Crippen molar-refractivity contribution >= 4 is 29.0 Å². The van der Waals surface area contributed by atoms with Crippen molar-refractivity contribution in [3.63, 3.8) is 0 Å². The van der Waals surface area contributed by atoms with E-state index < -0.39 is 0 Å². The van der Waals surface area contributed by atoms with Crippen molar-refractivity contribution in [2.45, 2.75) is 11.8 Å². The maximum absolute atomic E-state index is 10.6. The number of alkyl halides is 2. The first-order chi connectivity index (χ1) is 3.75. The van der Waals surface area contributed by atoms with E-state index in [0.29, 0.717) is 0 Å². The maximum Gasteiger partial charge on any atom is 0.152 e. The Labute approximate surface area is 58.0 Å². The summed E-state index contributed by atoms with van der Waals surface area (Å²) in [7, 11) is 0. The number of rotatable bonds is 2. The molecule has 1 fully saturated rings. The molecular formula is C5H6Cl2O. The Morgan fingerprint density at radius 2 is 2.25 bits per heavy atom. The standard InChI is InChI=1S/C5H6Cl2O/c6-2-5(8)3-1-4(3)7/h3-4H,1-2H2. The molecule has 0 amide bonds. The van der Waals surface area contributed by atoms with Gasteiger partial charge in [-0.3, -0.25) is 4.79 Å². The van der Waals surface area contributed by atoms with Crippen LogP contribution in [0.1, 0.15) is 6.42 Å². The van der Waals surface area contributed by atoms with Crippen LogP contribution in [0.25, 0.3) is 0 Å². The number of halogens is 2. The Bertz CT molecular complexity index is 113. The van der Waals surface area contributed by atoms with E-state index in [4.69, 9.17) is 23.2 Å². The third-order valence-corrected chi connectivity index (χ3v) is 2.00. The molecule has 3 heteroatoms. The normalized spacial score (nSPS) is 34.8. The van der Waals surface area contributed by atoms with Crippen LogP contribution in [0, 0.1) is 5.92 Å². The molecule has 2 unspecified atom stereocenters. The number of Topliss-reactive ketones (excluding diaryl/α,β-unsaturated/α-hetero) is 1. The first kappa shape index (κ1) is 6.37. The van der Waals surface area contributed by atoms with E-state index >= 15 is 0 Å². The summed E-state index contributed by atoms with van der Waals surface area (Å²) in [5.74, 6) is 0.286. The van der Waals surface area contributed by atoms with Gasteiger partial charge in [-0.1, -0.05) is 0 Å². The van der Waals surface area contributed by atoms with Gasteiger partial charge in [-0.15, -0.1) is 23.2 Å². The molecule has 0 aromatic heterocycles. The maximum atomic E-state index is 10.6. The highest BCUT2D eigenvalue weighted by molar-refractivity contribution is 6.31. The Morgan fingerprint density at radius 1 is 1.75 bits per heavy atom. The van der Waals surface area contributed by atoms with E-state index in [1.54, 1.807) is 0 Å². The monoisotopic (exact) mass is 152 g/mol. The summed E-state index contributed by atoms with van der Waals surface area (Å²) in [4.78, 5) is 10.6. The number of hydrogen-bond donors (Lipinski definition) is 0. The molecular weight excluding hydrogens is 147 g/mol. The molecule has 1 rings (SSSR count). The second-order valence-electron chi connectivity index (χ2n) is 1.96. The van der Waals surface area contributed by atoms with Crippen molar-refractivity contribution in [2.75, 3.05) is 5.88 Å². The molecule has 0 aromatic rings. The van der Waals surface area contributed by atoms with Gasteiger partial charge in [0.05, 0.1) is 5.88 Å². The third kappa shape index (κ3) is 1.15. The zero-order valence-corrected chi connectivity index (χ0v) is 5.74. The van der Waals surface area contributed by atoms with E-state index in [0.717, 1.165) is 6.42 Å². The fourth-order valence-corrected chi connectivity index (χ4v) is 1.13. The van der Waals surface area contributed by atoms with Crippen LogP contribution in [0.5, 0.6) is 0 Å². The minimum absolute atomic E-state index is 0.0779. The van der Waals surface area contributed by atoms with Gasteiger partial charge in [0.25, 0.3) is 0 Å². The van der Waals surface area contributed by atoms with Crippen LogP contribution in [0.4, 0.5) is 0 Å². The van der Waals surface area contributed by atoms with Crippen LogP contribution >= 0.6 is 23.2 Å². The summed E-state index contributed by atoms with van der Waals surface area (Å²) in [6, 6.07) is 0. The topological polar surface area (TPSA) is 17.1 Å². The van der Waals surface area contributed by atoms with Crippen LogP contribution < -0.4 is 0 Å². The average Bonchev–Trinajstić information content (AvgIpc) is 2.45. The highest BCUT2D eigenvalue weighted by Gasteiger charge is 2.40. The van der Waals surface area contributed by atoms with E-state index in [1.165, 1.54) is 0 Å². The van der Waals surface area contributed by atoms with E-state index in [1.807, 2.05) is 0 Å². The fraction of sp³-hybridized carbons (Fsp3) is 0.800. The van der Waals surface area contributed by atoms with Crippen molar-refractivity contribution in [3.05, 3.63) is 0 Å². The summed E-state index contributed by atoms with van der Waals surface area (Å²) in [5, 5.41) is 0.0845. The van der Waals surface area contributed by atoms with Crippen LogP contribution in [-0.2, 0) is 4.79 Å². The summed E-state index contributed by atoms with van der Waals surface area (Å²) >= 11 is 10.8. The van der Waals surface area contributed by atoms with Crippen molar-refractivity contribution in [1.82, 2.24) is 0 Å². The lowest BCUT2D eigenvalue weighted by Crippen LogP contribution is -2.02. The second kappa shape index (κ2) is 2.24. The predicted octanol–water partition coefficient (Wildman–Crippen LogP) is 1.42. The number of hydrogen-bond acceptors (Lipinski definition) is 1. The Kier molecular flexibility index (Phi) is 1.78. The summed E-state index contributed by atoms with van der Waals surface area (Å²) in [6.45, 7) is 0. The molecule has 1 aliphatic carbocycles. The molecule has 1 saturated carbocycles. The average molecular weight is 153 g/mol. The molecule has 1 aliphatic rings. The van der Waals surface area contributed by atoms with Crippen LogP contribution in [0.2, 0.25) is 0 Å². The largest absolute Gasteiger partial charge is 0.298 e. The molecule has 46 valence electrons. The lowest BCUT2D eigenvalue weighted by atomic mass is 10.3. The van der Waals surface area contributed by atoms with E-state index in [2.05, 4.69) is 0 Å². The molecule has 0 radical (unpaired) electrons. The van der Waals surface area contributed by atoms with Crippen molar-refractivity contribution in [3.8, 4) is 0 Å². The van der Waals surface area contributed by atoms with E-state index in [-0.39, 0.29) is 23.0 Å². The van der Waals surface area contributed by atoms with Gasteiger partial charge in [0.2, 0.25) is 0 Å². The fourth-order valence-electron chi connectivity index (χ4n) is 0.596. The van der Waals surface area contributed by atoms with Crippen LogP contribution in [0.3, 0.4) is 0 Å². The second-order valence-corrected chi connectivity index (χ2v) is 2.79. The molecule has 2 atom stereocenters. The van der Waals surface area contributed by atoms with Crippen molar-refractivity contribution in [2.24, 2.45) is 5.92 Å². The van der Waals surface area contributed by atoms with Gasteiger partial charge in [-0.05, 0) is 6.42 Å². The Morgan fingerprint density at radius 3 is 2.38 bits per heavy atom. The lowest BCUT2D eigenvalue weighted by molar-refractivity contribution is -0.117. The van der Waals surface area contributed by atoms with Gasteiger partial charge in [0.15, 0.2) is 5.78 Å². The Hall–Kier alpha value is 0.250. The van der Waals surface area contributed by atoms with Crippen LogP contribution in [0.15, 0.2) is 0 Å². The number of ketones is 1. The summed E-state index contributed by atoms with van der Waals surface area (Å²) < 4.78 is 0. The van der Waals surface area contributed by atoms with Gasteiger partial charge in [-0.25, -0.2) is 0 Å². The van der Waals surface area contributed by atoms with Gasteiger partial charge in [-0.2, -0.15) is 0 Å². The van der Waals surface area contributed by atoms with Crippen molar-refractivity contribution in [1.29, 1.82) is 0 Å².